The van der Waals surface area contributed by atoms with E-state index in [-0.39, 0.29) is 0 Å². The van der Waals surface area contributed by atoms with Crippen molar-refractivity contribution in [2.24, 2.45) is 11.1 Å². The van der Waals surface area contributed by atoms with Crippen LogP contribution in [0.25, 0.3) is 0 Å². The van der Waals surface area contributed by atoms with Crippen LogP contribution >= 0.6 is 0 Å². The van der Waals surface area contributed by atoms with Crippen molar-refractivity contribution in [3.63, 3.8) is 0 Å². The molecule has 1 saturated heterocycles. The molecule has 2 heterocycles. The van der Waals surface area contributed by atoms with Crippen molar-refractivity contribution in [3.8, 4) is 0 Å². The van der Waals surface area contributed by atoms with Crippen LogP contribution in [0.4, 0.5) is 0 Å². The van der Waals surface area contributed by atoms with Gasteiger partial charge in [-0.25, -0.2) is 0 Å². The van der Waals surface area contributed by atoms with E-state index in [0.29, 0.717) is 5.41 Å². The van der Waals surface area contributed by atoms with E-state index in [2.05, 4.69) is 42.4 Å². The molecule has 1 aliphatic rings. The molecule has 4 heteroatoms. The van der Waals surface area contributed by atoms with Crippen molar-refractivity contribution in [2.75, 3.05) is 19.6 Å². The molecule has 0 saturated carbocycles. The van der Waals surface area contributed by atoms with Crippen LogP contribution in [0.1, 0.15) is 43.6 Å². The molecule has 0 aromatic carbocycles. The van der Waals surface area contributed by atoms with E-state index >= 15 is 0 Å². The summed E-state index contributed by atoms with van der Waals surface area (Å²) < 4.78 is 2.16. The van der Waals surface area contributed by atoms with Crippen LogP contribution in [0.5, 0.6) is 0 Å². The van der Waals surface area contributed by atoms with Crippen LogP contribution < -0.4 is 5.73 Å². The average molecular weight is 264 g/mol. The molecule has 1 unspecified atom stereocenters. The van der Waals surface area contributed by atoms with Crippen LogP contribution in [-0.4, -0.2) is 34.3 Å². The van der Waals surface area contributed by atoms with Gasteiger partial charge in [0.2, 0.25) is 0 Å². The highest BCUT2D eigenvalue weighted by atomic mass is 15.3. The van der Waals surface area contributed by atoms with Gasteiger partial charge in [-0.05, 0) is 45.2 Å². The fraction of sp³-hybridized carbons (Fsp3) is 0.800. The third kappa shape index (κ3) is 3.00. The minimum absolute atomic E-state index is 0.307. The minimum Gasteiger partial charge on any atom is -0.330 e. The lowest BCUT2D eigenvalue weighted by molar-refractivity contribution is 0.273. The number of nitrogens with zero attached hydrogens (tertiary/aromatic N) is 3. The van der Waals surface area contributed by atoms with Crippen molar-refractivity contribution in [2.45, 2.75) is 53.6 Å². The van der Waals surface area contributed by atoms with E-state index in [0.717, 1.165) is 39.1 Å². The van der Waals surface area contributed by atoms with Gasteiger partial charge in [0.05, 0.1) is 5.69 Å². The zero-order chi connectivity index (χ0) is 14.0. The first-order valence-corrected chi connectivity index (χ1v) is 7.44. The number of likely N-dealkylation sites (tertiary alicyclic amines) is 1. The molecule has 2 N–H and O–H groups in total. The zero-order valence-corrected chi connectivity index (χ0v) is 12.9. The van der Waals surface area contributed by atoms with Gasteiger partial charge < -0.3 is 5.73 Å². The van der Waals surface area contributed by atoms with Crippen molar-refractivity contribution < 1.29 is 0 Å². The average Bonchev–Trinajstić information content (AvgIpc) is 2.87. The standard InChI is InChI=1S/C15H28N4/c1-5-7-19-13(3)14(12(2)17-19)9-18-8-6-15(4,10-16)11-18/h5-11,16H2,1-4H3. The summed E-state index contributed by atoms with van der Waals surface area (Å²) in [5, 5.41) is 4.66. The second-order valence-corrected chi connectivity index (χ2v) is 6.35. The molecule has 0 amide bonds. The first-order chi connectivity index (χ1) is 8.99. The Hall–Kier alpha value is -0.870. The van der Waals surface area contributed by atoms with Crippen LogP contribution in [0.2, 0.25) is 0 Å². The largest absolute Gasteiger partial charge is 0.330 e. The molecule has 4 nitrogen and oxygen atoms in total. The third-order valence-corrected chi connectivity index (χ3v) is 4.48. The molecule has 108 valence electrons. The number of hydrogen-bond acceptors (Lipinski definition) is 3. The fourth-order valence-corrected chi connectivity index (χ4v) is 3.04. The minimum atomic E-state index is 0.307. The predicted molar refractivity (Wildman–Crippen MR) is 79.0 cm³/mol. The molecule has 1 aromatic rings. The highest BCUT2D eigenvalue weighted by Crippen LogP contribution is 2.30. The summed E-state index contributed by atoms with van der Waals surface area (Å²) in [7, 11) is 0. The maximum atomic E-state index is 5.88. The quantitative estimate of drug-likeness (QED) is 0.885. The molecular weight excluding hydrogens is 236 g/mol. The van der Waals surface area contributed by atoms with Crippen molar-refractivity contribution in [3.05, 3.63) is 17.0 Å². The SMILES string of the molecule is CCCn1nc(C)c(CN2CCC(C)(CN)C2)c1C. The topological polar surface area (TPSA) is 47.1 Å². The Labute approximate surface area is 117 Å². The normalized spacial score (nSPS) is 24.3. The summed E-state index contributed by atoms with van der Waals surface area (Å²) in [6.07, 6.45) is 2.35. The second kappa shape index (κ2) is 5.63. The number of aromatic nitrogens is 2. The van der Waals surface area contributed by atoms with Crippen LogP contribution in [0.3, 0.4) is 0 Å². The molecule has 1 atom stereocenters. The van der Waals surface area contributed by atoms with Gasteiger partial charge >= 0.3 is 0 Å². The summed E-state index contributed by atoms with van der Waals surface area (Å²) in [4.78, 5) is 2.53. The molecular formula is C15H28N4. The summed E-state index contributed by atoms with van der Waals surface area (Å²) in [6, 6.07) is 0. The predicted octanol–water partition coefficient (Wildman–Crippen LogP) is 2.08. The van der Waals surface area contributed by atoms with Gasteiger partial charge in [-0.15, -0.1) is 0 Å². The molecule has 0 spiro atoms. The summed E-state index contributed by atoms with van der Waals surface area (Å²) in [5.74, 6) is 0. The van der Waals surface area contributed by atoms with Gasteiger partial charge in [-0.1, -0.05) is 13.8 Å². The zero-order valence-electron chi connectivity index (χ0n) is 12.9. The third-order valence-electron chi connectivity index (χ3n) is 4.48. The first kappa shape index (κ1) is 14.5. The summed E-state index contributed by atoms with van der Waals surface area (Å²) >= 11 is 0. The number of hydrogen-bond donors (Lipinski definition) is 1. The molecule has 2 rings (SSSR count). The van der Waals surface area contributed by atoms with Gasteiger partial charge in [0, 0.05) is 30.9 Å². The van der Waals surface area contributed by atoms with E-state index in [1.54, 1.807) is 0 Å². The van der Waals surface area contributed by atoms with E-state index in [4.69, 9.17) is 5.73 Å². The maximum absolute atomic E-state index is 5.88. The molecule has 1 fully saturated rings. The Bertz CT molecular complexity index is 438. The van der Waals surface area contributed by atoms with Gasteiger partial charge in [-0.2, -0.15) is 5.10 Å². The van der Waals surface area contributed by atoms with E-state index in [1.807, 2.05) is 0 Å². The van der Waals surface area contributed by atoms with E-state index < -0.39 is 0 Å². The van der Waals surface area contributed by atoms with Gasteiger partial charge in [-0.3, -0.25) is 9.58 Å². The highest BCUT2D eigenvalue weighted by molar-refractivity contribution is 5.24. The fourth-order valence-electron chi connectivity index (χ4n) is 3.04. The Kier molecular flexibility index (Phi) is 4.31. The molecule has 19 heavy (non-hydrogen) atoms. The lowest BCUT2D eigenvalue weighted by Gasteiger charge is -2.22. The maximum Gasteiger partial charge on any atom is 0.0641 e. The van der Waals surface area contributed by atoms with Crippen LogP contribution in [0, 0.1) is 19.3 Å². The van der Waals surface area contributed by atoms with E-state index in [9.17, 15) is 0 Å². The Balaban J connectivity index is 2.08. The highest BCUT2D eigenvalue weighted by Gasteiger charge is 2.32. The van der Waals surface area contributed by atoms with Gasteiger partial charge in [0.25, 0.3) is 0 Å². The second-order valence-electron chi connectivity index (χ2n) is 6.35. The van der Waals surface area contributed by atoms with Crippen molar-refractivity contribution in [1.82, 2.24) is 14.7 Å². The van der Waals surface area contributed by atoms with Gasteiger partial charge in [0.15, 0.2) is 0 Å². The van der Waals surface area contributed by atoms with Gasteiger partial charge in [0.1, 0.15) is 0 Å². The summed E-state index contributed by atoms with van der Waals surface area (Å²) in [5.41, 5.74) is 10.1. The Morgan fingerprint density at radius 2 is 2.11 bits per heavy atom. The van der Waals surface area contributed by atoms with Crippen molar-refractivity contribution in [1.29, 1.82) is 0 Å². The summed E-state index contributed by atoms with van der Waals surface area (Å²) in [6.45, 7) is 13.9. The smallest absolute Gasteiger partial charge is 0.0641 e. The van der Waals surface area contributed by atoms with Crippen LogP contribution in [0.15, 0.2) is 0 Å². The number of rotatable bonds is 5. The number of nitrogens with two attached hydrogens (primary N) is 1. The molecule has 1 aromatic heterocycles. The first-order valence-electron chi connectivity index (χ1n) is 7.44. The monoisotopic (exact) mass is 264 g/mol. The molecule has 0 radical (unpaired) electrons. The van der Waals surface area contributed by atoms with Crippen LogP contribution in [-0.2, 0) is 13.1 Å². The number of aryl methyl sites for hydroxylation is 2. The Morgan fingerprint density at radius 3 is 2.68 bits per heavy atom. The lowest BCUT2D eigenvalue weighted by atomic mass is 9.90. The molecule has 0 aliphatic carbocycles. The van der Waals surface area contributed by atoms with Crippen molar-refractivity contribution >= 4 is 0 Å². The van der Waals surface area contributed by atoms with E-state index in [1.165, 1.54) is 23.4 Å². The molecule has 0 bridgehead atoms. The lowest BCUT2D eigenvalue weighted by Crippen LogP contribution is -2.31. The molecule has 1 aliphatic heterocycles. The Morgan fingerprint density at radius 1 is 1.37 bits per heavy atom.